The van der Waals surface area contributed by atoms with Crippen LogP contribution in [0.4, 0.5) is 4.39 Å². The fraction of sp³-hybridized carbons (Fsp3) is 0.370. The van der Waals surface area contributed by atoms with Gasteiger partial charge in [-0.1, -0.05) is 17.3 Å². The van der Waals surface area contributed by atoms with E-state index < -0.39 is 15.7 Å². The van der Waals surface area contributed by atoms with Gasteiger partial charge in [0.15, 0.2) is 27.2 Å². The van der Waals surface area contributed by atoms with Gasteiger partial charge in [-0.25, -0.2) is 12.8 Å². The number of nitrogens with one attached hydrogen (secondary N) is 1. The van der Waals surface area contributed by atoms with Gasteiger partial charge in [-0.2, -0.15) is 5.10 Å². The third-order valence-corrected chi connectivity index (χ3v) is 8.99. The average molecular weight is 570 g/mol. The van der Waals surface area contributed by atoms with E-state index >= 15 is 0 Å². The molecule has 4 heterocycles. The zero-order chi connectivity index (χ0) is 27.9. The molecule has 2 aromatic heterocycles. The molecule has 2 aliphatic heterocycles. The van der Waals surface area contributed by atoms with Crippen LogP contribution in [-0.4, -0.2) is 104 Å². The first-order chi connectivity index (χ1) is 19.3. The molecule has 4 aromatic rings. The molecule has 2 fully saturated rings. The summed E-state index contributed by atoms with van der Waals surface area (Å²) in [6, 6.07) is 11.9. The van der Waals surface area contributed by atoms with Crippen molar-refractivity contribution in [2.24, 2.45) is 0 Å². The van der Waals surface area contributed by atoms with Gasteiger partial charge in [-0.15, -0.1) is 0 Å². The molecule has 2 aromatic carbocycles. The van der Waals surface area contributed by atoms with Crippen molar-refractivity contribution in [3.63, 3.8) is 0 Å². The third-order valence-electron chi connectivity index (χ3n) is 7.38. The maximum Gasteiger partial charge on any atom is 0.253 e. The smallest absolute Gasteiger partial charge is 0.253 e. The summed E-state index contributed by atoms with van der Waals surface area (Å²) in [6.45, 7) is 2.79. The first kappa shape index (κ1) is 26.4. The standard InChI is InChI=1S/C27H28FN5O6S/c1-37-8-9-38-24-14-23-20(12-21(24)28)26(30-29-23)25-13-22(31-39-25)17-2-4-18(5-3-17)27(34)33-15-19(16-33)32-6-10-40(35,36)11-7-32/h2-5,12-14,19H,6-11,15-16H2,1H3,(H,29,30). The van der Waals surface area contributed by atoms with E-state index in [-0.39, 0.29) is 35.8 Å². The molecular weight excluding hydrogens is 541 g/mol. The number of H-pyrrole nitrogens is 1. The van der Waals surface area contributed by atoms with Gasteiger partial charge in [0.2, 0.25) is 0 Å². The lowest BCUT2D eigenvalue weighted by molar-refractivity contribution is 0.0290. The van der Waals surface area contributed by atoms with Gasteiger partial charge < -0.3 is 18.9 Å². The quantitative estimate of drug-likeness (QED) is 0.318. The molecule has 0 saturated carbocycles. The first-order valence-electron chi connectivity index (χ1n) is 12.9. The van der Waals surface area contributed by atoms with Gasteiger partial charge in [0.1, 0.15) is 18.0 Å². The number of rotatable bonds is 8. The lowest BCUT2D eigenvalue weighted by Crippen LogP contribution is -2.63. The molecule has 0 aliphatic carbocycles. The molecule has 0 radical (unpaired) electrons. The summed E-state index contributed by atoms with van der Waals surface area (Å²) in [5.41, 5.74) is 2.87. The first-order valence-corrected chi connectivity index (χ1v) is 14.7. The van der Waals surface area contributed by atoms with Crippen molar-refractivity contribution in [2.45, 2.75) is 6.04 Å². The normalized spacial score (nSPS) is 17.7. The fourth-order valence-corrected chi connectivity index (χ4v) is 6.21. The van der Waals surface area contributed by atoms with Gasteiger partial charge in [0, 0.05) is 68.0 Å². The molecule has 210 valence electrons. The third kappa shape index (κ3) is 5.19. The lowest BCUT2D eigenvalue weighted by Gasteiger charge is -2.46. The van der Waals surface area contributed by atoms with Crippen LogP contribution in [0.25, 0.3) is 33.6 Å². The van der Waals surface area contributed by atoms with Gasteiger partial charge in [0.05, 0.1) is 23.6 Å². The number of amides is 1. The van der Waals surface area contributed by atoms with E-state index in [2.05, 4.69) is 20.3 Å². The molecular formula is C27H28FN5O6S. The Balaban J connectivity index is 1.11. The Morgan fingerprint density at radius 3 is 2.60 bits per heavy atom. The van der Waals surface area contributed by atoms with Gasteiger partial charge in [-0.3, -0.25) is 14.8 Å². The zero-order valence-corrected chi connectivity index (χ0v) is 22.6. The maximum absolute atomic E-state index is 14.6. The number of ether oxygens (including phenoxy) is 2. The molecule has 1 N–H and O–H groups in total. The predicted octanol–water partition coefficient (Wildman–Crippen LogP) is 2.60. The molecule has 2 aliphatic rings. The van der Waals surface area contributed by atoms with Crippen molar-refractivity contribution in [1.29, 1.82) is 0 Å². The van der Waals surface area contributed by atoms with Gasteiger partial charge in [-0.05, 0) is 18.2 Å². The number of hydrogen-bond acceptors (Lipinski definition) is 9. The van der Waals surface area contributed by atoms with Crippen molar-refractivity contribution >= 4 is 26.6 Å². The van der Waals surface area contributed by atoms with Crippen LogP contribution in [0.3, 0.4) is 0 Å². The van der Waals surface area contributed by atoms with Crippen molar-refractivity contribution in [1.82, 2.24) is 25.2 Å². The van der Waals surface area contributed by atoms with E-state index in [1.54, 1.807) is 48.4 Å². The highest BCUT2D eigenvalue weighted by molar-refractivity contribution is 7.91. The molecule has 0 spiro atoms. The van der Waals surface area contributed by atoms with E-state index in [1.165, 1.54) is 6.07 Å². The topological polar surface area (TPSA) is 131 Å². The summed E-state index contributed by atoms with van der Waals surface area (Å²) in [6.07, 6.45) is 0. The Kier molecular flexibility index (Phi) is 7.02. The Hall–Kier alpha value is -3.81. The van der Waals surface area contributed by atoms with Crippen molar-refractivity contribution < 1.29 is 31.6 Å². The number of sulfone groups is 1. The highest BCUT2D eigenvalue weighted by Crippen LogP contribution is 2.33. The molecule has 11 nitrogen and oxygen atoms in total. The highest BCUT2D eigenvalue weighted by Gasteiger charge is 2.37. The van der Waals surface area contributed by atoms with Crippen molar-refractivity contribution in [3.05, 3.63) is 53.8 Å². The number of likely N-dealkylation sites (tertiary alicyclic amines) is 1. The van der Waals surface area contributed by atoms with E-state index in [4.69, 9.17) is 14.0 Å². The molecule has 0 bridgehead atoms. The van der Waals surface area contributed by atoms with Gasteiger partial charge >= 0.3 is 0 Å². The van der Waals surface area contributed by atoms with Crippen LogP contribution in [0.15, 0.2) is 47.0 Å². The van der Waals surface area contributed by atoms with Crippen LogP contribution in [0.5, 0.6) is 5.75 Å². The molecule has 40 heavy (non-hydrogen) atoms. The Labute approximate surface area is 229 Å². The summed E-state index contributed by atoms with van der Waals surface area (Å²) in [7, 11) is -1.38. The summed E-state index contributed by atoms with van der Waals surface area (Å²) in [5.74, 6) is 0.240. The monoisotopic (exact) mass is 569 g/mol. The summed E-state index contributed by atoms with van der Waals surface area (Å²) >= 11 is 0. The minimum atomic E-state index is -2.92. The number of methoxy groups -OCH3 is 1. The number of nitrogens with zero attached hydrogens (tertiary/aromatic N) is 4. The van der Waals surface area contributed by atoms with Crippen LogP contribution >= 0.6 is 0 Å². The number of carbonyl (C=O) groups excluding carboxylic acids is 1. The van der Waals surface area contributed by atoms with Crippen LogP contribution in [0.1, 0.15) is 10.4 Å². The molecule has 0 atom stereocenters. The molecule has 2 saturated heterocycles. The highest BCUT2D eigenvalue weighted by atomic mass is 32.2. The SMILES string of the molecule is COCCOc1cc2[nH]nc(-c3cc(-c4ccc(C(=O)N5CC(N6CCS(=O)(=O)CC6)C5)cc4)no3)c2cc1F. The second-order valence-electron chi connectivity index (χ2n) is 9.95. The van der Waals surface area contributed by atoms with Crippen LogP contribution in [0.2, 0.25) is 0 Å². The summed E-state index contributed by atoms with van der Waals surface area (Å²) in [5, 5.41) is 11.8. The fourth-order valence-electron chi connectivity index (χ4n) is 4.98. The van der Waals surface area contributed by atoms with Crippen LogP contribution in [-0.2, 0) is 14.6 Å². The zero-order valence-electron chi connectivity index (χ0n) is 21.8. The van der Waals surface area contributed by atoms with E-state index in [9.17, 15) is 17.6 Å². The van der Waals surface area contributed by atoms with E-state index in [0.717, 1.165) is 5.56 Å². The number of carbonyl (C=O) groups is 1. The number of aromatic amines is 1. The lowest BCUT2D eigenvalue weighted by atomic mass is 10.0. The van der Waals surface area contributed by atoms with E-state index in [1.807, 2.05) is 0 Å². The number of hydrogen-bond donors (Lipinski definition) is 1. The van der Waals surface area contributed by atoms with Crippen LogP contribution in [0, 0.1) is 5.82 Å². The second kappa shape index (κ2) is 10.6. The Bertz CT molecular complexity index is 1630. The molecule has 13 heteroatoms. The van der Waals surface area contributed by atoms with Crippen molar-refractivity contribution in [3.8, 4) is 28.5 Å². The van der Waals surface area contributed by atoms with E-state index in [0.29, 0.717) is 66.4 Å². The van der Waals surface area contributed by atoms with Crippen LogP contribution < -0.4 is 4.74 Å². The Morgan fingerprint density at radius 1 is 1.12 bits per heavy atom. The molecule has 6 rings (SSSR count). The largest absolute Gasteiger partial charge is 0.488 e. The summed E-state index contributed by atoms with van der Waals surface area (Å²) in [4.78, 5) is 16.9. The second-order valence-corrected chi connectivity index (χ2v) is 12.3. The minimum absolute atomic E-state index is 0.0659. The molecule has 1 amide bonds. The van der Waals surface area contributed by atoms with Gasteiger partial charge in [0.25, 0.3) is 5.91 Å². The summed E-state index contributed by atoms with van der Waals surface area (Å²) < 4.78 is 53.8. The number of aromatic nitrogens is 3. The van der Waals surface area contributed by atoms with Crippen molar-refractivity contribution in [2.75, 3.05) is 58.0 Å². The average Bonchev–Trinajstić information content (AvgIpc) is 3.56. The number of fused-ring (bicyclic) bond motifs is 1. The minimum Gasteiger partial charge on any atom is -0.488 e. The number of benzene rings is 2. The maximum atomic E-state index is 14.6. The Morgan fingerprint density at radius 2 is 1.88 bits per heavy atom. The molecule has 0 unspecified atom stereocenters. The number of halogens is 1. The predicted molar refractivity (Wildman–Crippen MR) is 144 cm³/mol.